The monoisotopic (exact) mass is 627 g/mol. The molecule has 1 heterocycles. The minimum absolute atomic E-state index is 0.0509. The number of nitrogens with zero attached hydrogens (tertiary/aromatic N) is 1. The van der Waals surface area contributed by atoms with Gasteiger partial charge in [-0.05, 0) is 64.6 Å². The van der Waals surface area contributed by atoms with Crippen molar-refractivity contribution < 1.29 is 23.5 Å². The molecule has 0 saturated carbocycles. The average Bonchev–Trinajstić information content (AvgIpc) is 2.96. The molecule has 7 heteroatoms. The SMILES string of the molecule is COc1cc(C2C3=C(CC(C)(C)CC3=O)N(Cc3ccccc3)C3=C2C(=O)CC(C)(C)C3)cc(Cl)c1OCc1cccc(F)c1. The first-order valence-electron chi connectivity index (χ1n) is 15.4. The van der Waals surface area contributed by atoms with Crippen molar-refractivity contribution in [1.29, 1.82) is 0 Å². The smallest absolute Gasteiger partial charge is 0.180 e. The minimum Gasteiger partial charge on any atom is -0.493 e. The van der Waals surface area contributed by atoms with Crippen LogP contribution in [0.3, 0.4) is 0 Å². The van der Waals surface area contributed by atoms with E-state index >= 15 is 0 Å². The second kappa shape index (κ2) is 11.8. The summed E-state index contributed by atoms with van der Waals surface area (Å²) in [6, 6.07) is 20.0. The van der Waals surface area contributed by atoms with Crippen molar-refractivity contribution in [1.82, 2.24) is 4.90 Å². The number of carbonyl (C=O) groups excluding carboxylic acids is 2. The normalized spacial score (nSPS) is 19.4. The molecule has 45 heavy (non-hydrogen) atoms. The molecule has 6 rings (SSSR count). The van der Waals surface area contributed by atoms with Gasteiger partial charge in [-0.1, -0.05) is 81.8 Å². The van der Waals surface area contributed by atoms with Crippen molar-refractivity contribution in [2.24, 2.45) is 10.8 Å². The summed E-state index contributed by atoms with van der Waals surface area (Å²) in [7, 11) is 1.53. The van der Waals surface area contributed by atoms with Gasteiger partial charge in [0, 0.05) is 47.8 Å². The van der Waals surface area contributed by atoms with Crippen LogP contribution in [0.5, 0.6) is 11.5 Å². The third-order valence-electron chi connectivity index (χ3n) is 9.06. The van der Waals surface area contributed by atoms with Crippen molar-refractivity contribution in [2.45, 2.75) is 72.4 Å². The first-order chi connectivity index (χ1) is 21.4. The van der Waals surface area contributed by atoms with Crippen LogP contribution in [-0.4, -0.2) is 23.6 Å². The number of hydrogen-bond donors (Lipinski definition) is 0. The van der Waals surface area contributed by atoms with Crippen molar-refractivity contribution in [3.63, 3.8) is 0 Å². The molecule has 234 valence electrons. The summed E-state index contributed by atoms with van der Waals surface area (Å²) in [5, 5.41) is 0.295. The molecule has 5 nitrogen and oxygen atoms in total. The van der Waals surface area contributed by atoms with E-state index in [2.05, 4.69) is 44.7 Å². The fourth-order valence-electron chi connectivity index (χ4n) is 7.17. The number of hydrogen-bond acceptors (Lipinski definition) is 5. The first-order valence-corrected chi connectivity index (χ1v) is 15.8. The van der Waals surface area contributed by atoms with Gasteiger partial charge in [0.2, 0.25) is 0 Å². The van der Waals surface area contributed by atoms with E-state index in [0.29, 0.717) is 65.5 Å². The van der Waals surface area contributed by atoms with E-state index in [1.807, 2.05) is 24.3 Å². The van der Waals surface area contributed by atoms with E-state index in [1.165, 1.54) is 19.2 Å². The van der Waals surface area contributed by atoms with E-state index < -0.39 is 5.92 Å². The fraction of sp³-hybridized carbons (Fsp3) is 0.368. The summed E-state index contributed by atoms with van der Waals surface area (Å²) in [5.41, 5.74) is 5.33. The van der Waals surface area contributed by atoms with Crippen LogP contribution in [0.2, 0.25) is 5.02 Å². The number of ether oxygens (including phenoxy) is 2. The molecule has 0 bridgehead atoms. The zero-order valence-electron chi connectivity index (χ0n) is 26.5. The zero-order chi connectivity index (χ0) is 32.1. The predicted octanol–water partition coefficient (Wildman–Crippen LogP) is 8.95. The van der Waals surface area contributed by atoms with Gasteiger partial charge in [0.25, 0.3) is 0 Å². The fourth-order valence-corrected chi connectivity index (χ4v) is 7.44. The molecule has 0 atom stereocenters. The predicted molar refractivity (Wildman–Crippen MR) is 174 cm³/mol. The summed E-state index contributed by atoms with van der Waals surface area (Å²) >= 11 is 6.89. The van der Waals surface area contributed by atoms with Crippen LogP contribution >= 0.6 is 11.6 Å². The Morgan fingerprint density at radius 2 is 1.42 bits per heavy atom. The maximum absolute atomic E-state index is 14.2. The molecular weight excluding hydrogens is 589 g/mol. The molecule has 0 fully saturated rings. The van der Waals surface area contributed by atoms with Crippen molar-refractivity contribution in [3.8, 4) is 11.5 Å². The van der Waals surface area contributed by atoms with E-state index in [4.69, 9.17) is 21.1 Å². The third-order valence-corrected chi connectivity index (χ3v) is 9.34. The molecule has 0 saturated heterocycles. The number of halogens is 2. The number of allylic oxidation sites excluding steroid dienone is 4. The quantitative estimate of drug-likeness (QED) is 0.262. The summed E-state index contributed by atoms with van der Waals surface area (Å²) in [4.78, 5) is 30.6. The van der Waals surface area contributed by atoms with Gasteiger partial charge in [0.1, 0.15) is 12.4 Å². The first kappa shape index (κ1) is 31.1. The highest BCUT2D eigenvalue weighted by atomic mass is 35.5. The van der Waals surface area contributed by atoms with Crippen LogP contribution in [0.15, 0.2) is 89.3 Å². The van der Waals surface area contributed by atoms with Crippen LogP contribution < -0.4 is 9.47 Å². The van der Waals surface area contributed by atoms with Crippen LogP contribution in [-0.2, 0) is 22.7 Å². The number of methoxy groups -OCH3 is 1. The average molecular weight is 628 g/mol. The van der Waals surface area contributed by atoms with Crippen molar-refractivity contribution in [3.05, 3.63) is 117 Å². The second-order valence-corrected chi connectivity index (χ2v) is 14.5. The van der Waals surface area contributed by atoms with Gasteiger partial charge in [0.15, 0.2) is 23.1 Å². The second-order valence-electron chi connectivity index (χ2n) is 14.1. The number of carbonyl (C=O) groups is 2. The zero-order valence-corrected chi connectivity index (χ0v) is 27.3. The lowest BCUT2D eigenvalue weighted by Crippen LogP contribution is -2.44. The Bertz CT molecular complexity index is 1690. The van der Waals surface area contributed by atoms with Gasteiger partial charge in [-0.25, -0.2) is 4.39 Å². The van der Waals surface area contributed by atoms with Crippen LogP contribution in [0.4, 0.5) is 4.39 Å². The summed E-state index contributed by atoms with van der Waals surface area (Å²) in [6.45, 7) is 9.21. The number of ketones is 2. The Labute approximate surface area is 269 Å². The molecular formula is C38H39ClFNO4. The van der Waals surface area contributed by atoms with Crippen LogP contribution in [0, 0.1) is 16.6 Å². The number of benzene rings is 3. The van der Waals surface area contributed by atoms with Gasteiger partial charge < -0.3 is 14.4 Å². The molecule has 0 radical (unpaired) electrons. The summed E-state index contributed by atoms with van der Waals surface area (Å²) in [6.07, 6.45) is 2.21. The third kappa shape index (κ3) is 6.17. The molecule has 0 unspecified atom stereocenters. The summed E-state index contributed by atoms with van der Waals surface area (Å²) in [5.74, 6) is -0.110. The molecule has 0 N–H and O–H groups in total. The maximum Gasteiger partial charge on any atom is 0.180 e. The molecule has 1 aliphatic heterocycles. The van der Waals surface area contributed by atoms with E-state index in [1.54, 1.807) is 18.2 Å². The van der Waals surface area contributed by atoms with E-state index in [9.17, 15) is 14.0 Å². The molecule has 0 spiro atoms. The van der Waals surface area contributed by atoms with Gasteiger partial charge in [-0.2, -0.15) is 0 Å². The number of Topliss-reactive ketones (excluding diaryl/α,β-unsaturated/α-hetero) is 2. The highest BCUT2D eigenvalue weighted by molar-refractivity contribution is 6.32. The molecule has 3 aliphatic rings. The minimum atomic E-state index is -0.571. The molecule has 2 aliphatic carbocycles. The molecule has 0 amide bonds. The standard InChI is InChI=1S/C38H39ClFNO4/c1-37(2)17-28-34(30(42)19-37)33(25-15-27(39)36(32(16-25)44-5)45-22-24-12-9-13-26(40)14-24)35-29(18-38(3,4)20-31(35)43)41(28)21-23-10-7-6-8-11-23/h6-16,33H,17-22H2,1-5H3. The maximum atomic E-state index is 14.2. The molecule has 0 aromatic heterocycles. The van der Waals surface area contributed by atoms with Gasteiger partial charge in [-0.15, -0.1) is 0 Å². The lowest BCUT2D eigenvalue weighted by atomic mass is 9.63. The molecule has 3 aromatic rings. The lowest BCUT2D eigenvalue weighted by Gasteiger charge is -2.49. The highest BCUT2D eigenvalue weighted by Crippen LogP contribution is 2.55. The van der Waals surface area contributed by atoms with E-state index in [0.717, 1.165) is 22.5 Å². The summed E-state index contributed by atoms with van der Waals surface area (Å²) < 4.78 is 25.6. The van der Waals surface area contributed by atoms with Crippen molar-refractivity contribution >= 4 is 23.2 Å². The van der Waals surface area contributed by atoms with Crippen molar-refractivity contribution in [2.75, 3.05) is 7.11 Å². The topological polar surface area (TPSA) is 55.8 Å². The van der Waals surface area contributed by atoms with Gasteiger partial charge in [-0.3, -0.25) is 9.59 Å². The van der Waals surface area contributed by atoms with E-state index in [-0.39, 0.29) is 34.8 Å². The Balaban J connectivity index is 1.50. The largest absolute Gasteiger partial charge is 0.493 e. The molecule has 3 aromatic carbocycles. The Kier molecular flexibility index (Phi) is 8.15. The van der Waals surface area contributed by atoms with Gasteiger partial charge in [0.05, 0.1) is 12.1 Å². The Morgan fingerprint density at radius 3 is 2.00 bits per heavy atom. The Hall–Kier alpha value is -3.90. The number of rotatable bonds is 7. The van der Waals surface area contributed by atoms with Crippen LogP contribution in [0.1, 0.15) is 76.0 Å². The Morgan fingerprint density at radius 1 is 0.822 bits per heavy atom. The lowest BCUT2D eigenvalue weighted by molar-refractivity contribution is -0.119. The highest BCUT2D eigenvalue weighted by Gasteiger charge is 2.49. The van der Waals surface area contributed by atoms with Gasteiger partial charge >= 0.3 is 0 Å². The van der Waals surface area contributed by atoms with Crippen LogP contribution in [0.25, 0.3) is 0 Å².